The van der Waals surface area contributed by atoms with Crippen LogP contribution < -0.4 is 4.74 Å². The molecule has 0 aliphatic rings. The maximum atomic E-state index is 12.4. The van der Waals surface area contributed by atoms with Gasteiger partial charge in [0.1, 0.15) is 5.75 Å². The first-order valence-corrected chi connectivity index (χ1v) is 4.57. The monoisotopic (exact) mass is 270 g/mol. The van der Waals surface area contributed by atoms with E-state index in [9.17, 15) is 26.7 Å². The molecular weight excluding hydrogens is 263 g/mol. The lowest BCUT2D eigenvalue weighted by Gasteiger charge is -2.11. The molecule has 1 aromatic carbocycles. The molecule has 0 fully saturated rings. The minimum atomic E-state index is -5.03. The van der Waals surface area contributed by atoms with Crippen molar-refractivity contribution in [1.29, 1.82) is 0 Å². The molecule has 0 radical (unpaired) electrons. The average Bonchev–Trinajstić information content (AvgIpc) is 2.12. The number of carboxylic acids is 1. The second kappa shape index (κ2) is 5.19. The van der Waals surface area contributed by atoms with Gasteiger partial charge in [0.05, 0.1) is 6.42 Å². The van der Waals surface area contributed by atoms with Crippen LogP contribution in [0.4, 0.5) is 22.0 Å². The van der Waals surface area contributed by atoms with Crippen molar-refractivity contribution >= 4 is 5.97 Å². The third kappa shape index (κ3) is 4.56. The molecule has 0 bridgehead atoms. The molecule has 0 aliphatic carbocycles. The molecule has 18 heavy (non-hydrogen) atoms. The molecule has 0 spiro atoms. The highest BCUT2D eigenvalue weighted by atomic mass is 19.4. The van der Waals surface area contributed by atoms with Gasteiger partial charge in [-0.15, -0.1) is 13.2 Å². The standard InChI is InChI=1S/C10H7F5O3/c11-9(12)6-1-5(3-8(16)17)2-7(4-6)18-10(13,14)15/h1-2,4,9H,3H2,(H,16,17). The van der Waals surface area contributed by atoms with E-state index in [0.29, 0.717) is 6.07 Å². The van der Waals surface area contributed by atoms with Crippen LogP contribution in [0.25, 0.3) is 0 Å². The van der Waals surface area contributed by atoms with Gasteiger partial charge in [-0.3, -0.25) is 4.79 Å². The zero-order chi connectivity index (χ0) is 13.9. The van der Waals surface area contributed by atoms with E-state index in [-0.39, 0.29) is 5.56 Å². The van der Waals surface area contributed by atoms with Crippen LogP contribution in [0.5, 0.6) is 5.75 Å². The van der Waals surface area contributed by atoms with E-state index >= 15 is 0 Å². The Morgan fingerprint density at radius 1 is 1.28 bits per heavy atom. The summed E-state index contributed by atoms with van der Waals surface area (Å²) in [5.74, 6) is -2.21. The Morgan fingerprint density at radius 3 is 2.33 bits per heavy atom. The van der Waals surface area contributed by atoms with Gasteiger partial charge in [-0.05, 0) is 23.8 Å². The lowest BCUT2D eigenvalue weighted by atomic mass is 10.1. The van der Waals surface area contributed by atoms with E-state index in [0.717, 1.165) is 12.1 Å². The van der Waals surface area contributed by atoms with Crippen molar-refractivity contribution in [1.82, 2.24) is 0 Å². The molecule has 1 N–H and O–H groups in total. The molecule has 0 amide bonds. The molecule has 1 rings (SSSR count). The minimum Gasteiger partial charge on any atom is -0.481 e. The SMILES string of the molecule is O=C(O)Cc1cc(OC(F)(F)F)cc(C(F)F)c1. The Labute approximate surface area is 97.8 Å². The molecule has 8 heteroatoms. The van der Waals surface area contributed by atoms with E-state index in [1.807, 2.05) is 0 Å². The summed E-state index contributed by atoms with van der Waals surface area (Å²) < 4.78 is 64.1. The van der Waals surface area contributed by atoms with Crippen LogP contribution in [0.15, 0.2) is 18.2 Å². The third-order valence-corrected chi connectivity index (χ3v) is 1.83. The van der Waals surface area contributed by atoms with Crippen molar-refractivity contribution in [2.24, 2.45) is 0 Å². The van der Waals surface area contributed by atoms with Gasteiger partial charge in [0.2, 0.25) is 0 Å². The van der Waals surface area contributed by atoms with Gasteiger partial charge in [-0.2, -0.15) is 0 Å². The lowest BCUT2D eigenvalue weighted by Crippen LogP contribution is -2.17. The zero-order valence-electron chi connectivity index (χ0n) is 8.67. The second-order valence-corrected chi connectivity index (χ2v) is 3.33. The van der Waals surface area contributed by atoms with Gasteiger partial charge in [0.15, 0.2) is 0 Å². The van der Waals surface area contributed by atoms with Gasteiger partial charge in [-0.25, -0.2) is 8.78 Å². The predicted octanol–water partition coefficient (Wildman–Crippen LogP) is 3.15. The number of ether oxygens (including phenoxy) is 1. The fourth-order valence-electron chi connectivity index (χ4n) is 1.28. The average molecular weight is 270 g/mol. The molecule has 3 nitrogen and oxygen atoms in total. The van der Waals surface area contributed by atoms with Crippen LogP contribution in [0, 0.1) is 0 Å². The largest absolute Gasteiger partial charge is 0.573 e. The quantitative estimate of drug-likeness (QED) is 0.855. The maximum absolute atomic E-state index is 12.4. The van der Waals surface area contributed by atoms with Gasteiger partial charge < -0.3 is 9.84 Å². The number of aliphatic carboxylic acids is 1. The number of carbonyl (C=O) groups is 1. The van der Waals surface area contributed by atoms with Crippen LogP contribution in [0.1, 0.15) is 17.6 Å². The van der Waals surface area contributed by atoms with Crippen LogP contribution in [0.2, 0.25) is 0 Å². The molecule has 0 aliphatic heterocycles. The van der Waals surface area contributed by atoms with Crippen LogP contribution in [-0.2, 0) is 11.2 Å². The summed E-state index contributed by atoms with van der Waals surface area (Å²) in [5.41, 5.74) is -0.924. The second-order valence-electron chi connectivity index (χ2n) is 3.33. The Kier molecular flexibility index (Phi) is 4.10. The topological polar surface area (TPSA) is 46.5 Å². The number of hydrogen-bond donors (Lipinski definition) is 1. The molecule has 1 aromatic rings. The summed E-state index contributed by atoms with van der Waals surface area (Å²) in [7, 11) is 0. The summed E-state index contributed by atoms with van der Waals surface area (Å²) >= 11 is 0. The lowest BCUT2D eigenvalue weighted by molar-refractivity contribution is -0.274. The first-order valence-electron chi connectivity index (χ1n) is 4.57. The minimum absolute atomic E-state index is 0.195. The van der Waals surface area contributed by atoms with Crippen molar-refractivity contribution in [3.63, 3.8) is 0 Å². The summed E-state index contributed by atoms with van der Waals surface area (Å²) in [6.45, 7) is 0. The number of rotatable bonds is 4. The van der Waals surface area contributed by atoms with E-state index in [2.05, 4.69) is 4.74 Å². The van der Waals surface area contributed by atoms with Crippen molar-refractivity contribution in [2.45, 2.75) is 19.2 Å². The molecule has 0 atom stereocenters. The van der Waals surface area contributed by atoms with Crippen LogP contribution in [0.3, 0.4) is 0 Å². The number of halogens is 5. The first kappa shape index (κ1) is 14.2. The molecule has 0 saturated carbocycles. The molecule has 0 saturated heterocycles. The molecular formula is C10H7F5O3. The highest BCUT2D eigenvalue weighted by Gasteiger charge is 2.31. The summed E-state index contributed by atoms with van der Waals surface area (Å²) in [4.78, 5) is 10.4. The fraction of sp³-hybridized carbons (Fsp3) is 0.300. The van der Waals surface area contributed by atoms with Crippen molar-refractivity contribution < 1.29 is 36.6 Å². The first-order chi connectivity index (χ1) is 8.17. The molecule has 100 valence electrons. The Bertz CT molecular complexity index is 442. The third-order valence-electron chi connectivity index (χ3n) is 1.83. The highest BCUT2D eigenvalue weighted by Crippen LogP contribution is 2.29. The van der Waals surface area contributed by atoms with Crippen LogP contribution in [-0.4, -0.2) is 17.4 Å². The molecule has 0 aromatic heterocycles. The number of hydrogen-bond acceptors (Lipinski definition) is 2. The van der Waals surface area contributed by atoms with E-state index in [1.54, 1.807) is 0 Å². The Balaban J connectivity index is 3.09. The normalized spacial score (nSPS) is 11.7. The Hall–Kier alpha value is -1.86. The Morgan fingerprint density at radius 2 is 1.89 bits per heavy atom. The number of carboxylic acid groups (broad SMARTS) is 1. The number of alkyl halides is 5. The van der Waals surface area contributed by atoms with Crippen molar-refractivity contribution in [2.75, 3.05) is 0 Å². The predicted molar refractivity (Wildman–Crippen MR) is 49.4 cm³/mol. The van der Waals surface area contributed by atoms with Crippen molar-refractivity contribution in [3.05, 3.63) is 29.3 Å². The van der Waals surface area contributed by atoms with E-state index in [4.69, 9.17) is 5.11 Å². The van der Waals surface area contributed by atoms with Crippen molar-refractivity contribution in [3.8, 4) is 5.75 Å². The molecule has 0 unspecified atom stereocenters. The smallest absolute Gasteiger partial charge is 0.481 e. The van der Waals surface area contributed by atoms with Gasteiger partial charge in [0.25, 0.3) is 6.43 Å². The summed E-state index contributed by atoms with van der Waals surface area (Å²) in [5, 5.41) is 8.47. The van der Waals surface area contributed by atoms with E-state index in [1.165, 1.54) is 0 Å². The van der Waals surface area contributed by atoms with Gasteiger partial charge in [-0.1, -0.05) is 0 Å². The maximum Gasteiger partial charge on any atom is 0.573 e. The molecule has 0 heterocycles. The number of benzene rings is 1. The van der Waals surface area contributed by atoms with Gasteiger partial charge >= 0.3 is 12.3 Å². The summed E-state index contributed by atoms with van der Waals surface area (Å²) in [6, 6.07) is 2.10. The fourth-order valence-corrected chi connectivity index (χ4v) is 1.28. The summed E-state index contributed by atoms with van der Waals surface area (Å²) in [6.07, 6.45) is -8.72. The highest BCUT2D eigenvalue weighted by molar-refractivity contribution is 5.70. The van der Waals surface area contributed by atoms with E-state index < -0.39 is 36.5 Å². The van der Waals surface area contributed by atoms with Crippen LogP contribution >= 0.6 is 0 Å². The van der Waals surface area contributed by atoms with Gasteiger partial charge in [0, 0.05) is 5.56 Å². The zero-order valence-corrected chi connectivity index (χ0v) is 8.67.